The third-order valence-corrected chi connectivity index (χ3v) is 3.94. The van der Waals surface area contributed by atoms with E-state index in [0.29, 0.717) is 11.3 Å². The molecule has 1 aliphatic carbocycles. The van der Waals surface area contributed by atoms with Crippen molar-refractivity contribution in [2.45, 2.75) is 58.9 Å². The van der Waals surface area contributed by atoms with Crippen LogP contribution < -0.4 is 11.1 Å². The Kier molecular flexibility index (Phi) is 4.78. The highest BCUT2D eigenvalue weighted by molar-refractivity contribution is 5.81. The van der Waals surface area contributed by atoms with Gasteiger partial charge in [0.25, 0.3) is 0 Å². The zero-order chi connectivity index (χ0) is 12.2. The summed E-state index contributed by atoms with van der Waals surface area (Å²) < 4.78 is 0. The average Bonchev–Trinajstić information content (AvgIpc) is 3.03. The molecular weight excluding hydrogens is 200 g/mol. The van der Waals surface area contributed by atoms with Gasteiger partial charge >= 0.3 is 0 Å². The zero-order valence-corrected chi connectivity index (χ0v) is 10.9. The molecule has 1 atom stereocenters. The number of hydrogen-bond donors (Lipinski definition) is 2. The van der Waals surface area contributed by atoms with E-state index in [2.05, 4.69) is 26.1 Å². The normalized spacial score (nSPS) is 19.6. The molecule has 0 unspecified atom stereocenters. The lowest BCUT2D eigenvalue weighted by Crippen LogP contribution is -2.43. The van der Waals surface area contributed by atoms with E-state index in [0.717, 1.165) is 25.8 Å². The van der Waals surface area contributed by atoms with Crippen LogP contribution in [0.15, 0.2) is 0 Å². The highest BCUT2D eigenvalue weighted by Gasteiger charge is 2.45. The molecule has 0 saturated heterocycles. The quantitative estimate of drug-likeness (QED) is 0.698. The third kappa shape index (κ3) is 3.48. The predicted octanol–water partition coefficient (Wildman–Crippen LogP) is 2.06. The van der Waals surface area contributed by atoms with Crippen molar-refractivity contribution in [2.75, 3.05) is 6.54 Å². The molecule has 0 heterocycles. The molecule has 1 saturated carbocycles. The Labute approximate surface area is 99.2 Å². The second-order valence-electron chi connectivity index (χ2n) is 5.48. The molecule has 0 aliphatic heterocycles. The molecule has 1 rings (SSSR count). The summed E-state index contributed by atoms with van der Waals surface area (Å²) in [5.74, 6) is 0.681. The van der Waals surface area contributed by atoms with Crippen LogP contribution in [-0.2, 0) is 4.79 Å². The first kappa shape index (κ1) is 13.5. The van der Waals surface area contributed by atoms with E-state index in [1.165, 1.54) is 12.8 Å². The van der Waals surface area contributed by atoms with Crippen molar-refractivity contribution in [1.29, 1.82) is 0 Å². The van der Waals surface area contributed by atoms with Gasteiger partial charge in [0, 0.05) is 6.54 Å². The number of amides is 1. The van der Waals surface area contributed by atoms with Crippen LogP contribution in [0.25, 0.3) is 0 Å². The molecule has 3 nitrogen and oxygen atoms in total. The van der Waals surface area contributed by atoms with Crippen molar-refractivity contribution in [3.8, 4) is 0 Å². The van der Waals surface area contributed by atoms with Gasteiger partial charge in [-0.05, 0) is 30.6 Å². The van der Waals surface area contributed by atoms with Gasteiger partial charge in [0.15, 0.2) is 0 Å². The van der Waals surface area contributed by atoms with E-state index in [-0.39, 0.29) is 11.9 Å². The van der Waals surface area contributed by atoms with Crippen LogP contribution in [0.2, 0.25) is 0 Å². The fraction of sp³-hybridized carbons (Fsp3) is 0.923. The summed E-state index contributed by atoms with van der Waals surface area (Å²) in [6, 6.07) is -0.317. The molecule has 1 amide bonds. The van der Waals surface area contributed by atoms with Gasteiger partial charge in [-0.25, -0.2) is 0 Å². The molecular formula is C13H26N2O. The van der Waals surface area contributed by atoms with Gasteiger partial charge in [-0.1, -0.05) is 33.6 Å². The fourth-order valence-electron chi connectivity index (χ4n) is 2.07. The van der Waals surface area contributed by atoms with Crippen molar-refractivity contribution in [2.24, 2.45) is 17.1 Å². The van der Waals surface area contributed by atoms with Crippen LogP contribution >= 0.6 is 0 Å². The lowest BCUT2D eigenvalue weighted by Gasteiger charge is -2.21. The van der Waals surface area contributed by atoms with Crippen LogP contribution in [0.5, 0.6) is 0 Å². The van der Waals surface area contributed by atoms with E-state index >= 15 is 0 Å². The molecule has 94 valence electrons. The van der Waals surface area contributed by atoms with Crippen LogP contribution in [0.4, 0.5) is 0 Å². The molecule has 0 bridgehead atoms. The van der Waals surface area contributed by atoms with Gasteiger partial charge in [0.2, 0.25) is 5.91 Å². The number of rotatable bonds is 7. The number of carbonyl (C=O) groups is 1. The van der Waals surface area contributed by atoms with Crippen LogP contribution in [0, 0.1) is 11.3 Å². The van der Waals surface area contributed by atoms with Gasteiger partial charge in [0.05, 0.1) is 6.04 Å². The minimum Gasteiger partial charge on any atom is -0.354 e. The van der Waals surface area contributed by atoms with E-state index in [4.69, 9.17) is 5.73 Å². The van der Waals surface area contributed by atoms with Gasteiger partial charge in [-0.2, -0.15) is 0 Å². The molecule has 1 aliphatic rings. The Bertz CT molecular complexity index is 234. The van der Waals surface area contributed by atoms with Gasteiger partial charge in [0.1, 0.15) is 0 Å². The standard InChI is InChI=1S/C13H26N2O/c1-4-5-6-11(14)12(16)15-9-13(7-8-13)10(2)3/h10-11H,4-9,14H2,1-3H3,(H,15,16)/t11-/m0/s1. The Morgan fingerprint density at radius 2 is 2.06 bits per heavy atom. The first-order chi connectivity index (χ1) is 7.52. The van der Waals surface area contributed by atoms with Crippen LogP contribution in [0.3, 0.4) is 0 Å². The summed E-state index contributed by atoms with van der Waals surface area (Å²) in [4.78, 5) is 11.7. The zero-order valence-electron chi connectivity index (χ0n) is 10.9. The first-order valence-electron chi connectivity index (χ1n) is 6.55. The molecule has 1 fully saturated rings. The minimum atomic E-state index is -0.317. The highest BCUT2D eigenvalue weighted by Crippen LogP contribution is 2.51. The second-order valence-corrected chi connectivity index (χ2v) is 5.48. The number of carbonyl (C=O) groups excluding carboxylic acids is 1. The number of hydrogen-bond acceptors (Lipinski definition) is 2. The van der Waals surface area contributed by atoms with E-state index < -0.39 is 0 Å². The van der Waals surface area contributed by atoms with E-state index in [1.807, 2.05) is 0 Å². The Balaban J connectivity index is 2.24. The number of unbranched alkanes of at least 4 members (excludes halogenated alkanes) is 1. The largest absolute Gasteiger partial charge is 0.354 e. The van der Waals surface area contributed by atoms with Crippen molar-refractivity contribution >= 4 is 5.91 Å². The maximum absolute atomic E-state index is 11.7. The maximum Gasteiger partial charge on any atom is 0.236 e. The molecule has 0 aromatic heterocycles. The smallest absolute Gasteiger partial charge is 0.236 e. The molecule has 0 aromatic rings. The first-order valence-corrected chi connectivity index (χ1v) is 6.55. The molecule has 0 aromatic carbocycles. The highest BCUT2D eigenvalue weighted by atomic mass is 16.2. The predicted molar refractivity (Wildman–Crippen MR) is 67.0 cm³/mol. The van der Waals surface area contributed by atoms with E-state index in [9.17, 15) is 4.79 Å². The van der Waals surface area contributed by atoms with Gasteiger partial charge in [-0.3, -0.25) is 4.79 Å². The van der Waals surface area contributed by atoms with Gasteiger partial charge < -0.3 is 11.1 Å². The maximum atomic E-state index is 11.7. The lowest BCUT2D eigenvalue weighted by atomic mass is 9.92. The van der Waals surface area contributed by atoms with Gasteiger partial charge in [-0.15, -0.1) is 0 Å². The van der Waals surface area contributed by atoms with Crippen molar-refractivity contribution in [1.82, 2.24) is 5.32 Å². The van der Waals surface area contributed by atoms with E-state index in [1.54, 1.807) is 0 Å². The average molecular weight is 226 g/mol. The molecule has 0 spiro atoms. The molecule has 3 heteroatoms. The summed E-state index contributed by atoms with van der Waals surface area (Å²) in [6.45, 7) is 7.39. The summed E-state index contributed by atoms with van der Waals surface area (Å²) >= 11 is 0. The summed E-state index contributed by atoms with van der Waals surface area (Å²) in [7, 11) is 0. The summed E-state index contributed by atoms with van der Waals surface area (Å²) in [5, 5.41) is 3.01. The Morgan fingerprint density at radius 1 is 1.44 bits per heavy atom. The SMILES string of the molecule is CCCC[C@H](N)C(=O)NCC1(C(C)C)CC1. The van der Waals surface area contributed by atoms with Crippen molar-refractivity contribution in [3.05, 3.63) is 0 Å². The topological polar surface area (TPSA) is 55.1 Å². The minimum absolute atomic E-state index is 0.0281. The number of nitrogens with one attached hydrogen (secondary N) is 1. The van der Waals surface area contributed by atoms with Crippen molar-refractivity contribution in [3.63, 3.8) is 0 Å². The molecule has 3 N–H and O–H groups in total. The summed E-state index contributed by atoms with van der Waals surface area (Å²) in [6.07, 6.45) is 5.42. The summed E-state index contributed by atoms with van der Waals surface area (Å²) in [5.41, 5.74) is 6.19. The van der Waals surface area contributed by atoms with Crippen LogP contribution in [0.1, 0.15) is 52.9 Å². The Morgan fingerprint density at radius 3 is 2.50 bits per heavy atom. The second kappa shape index (κ2) is 5.67. The lowest BCUT2D eigenvalue weighted by molar-refractivity contribution is -0.122. The molecule has 0 radical (unpaired) electrons. The Hall–Kier alpha value is -0.570. The fourth-order valence-corrected chi connectivity index (χ4v) is 2.07. The monoisotopic (exact) mass is 226 g/mol. The van der Waals surface area contributed by atoms with Crippen molar-refractivity contribution < 1.29 is 4.79 Å². The molecule has 16 heavy (non-hydrogen) atoms. The number of nitrogens with two attached hydrogens (primary N) is 1. The van der Waals surface area contributed by atoms with Crippen LogP contribution in [-0.4, -0.2) is 18.5 Å². The third-order valence-electron chi connectivity index (χ3n) is 3.94.